The molecule has 0 spiro atoms. The van der Waals surface area contributed by atoms with Gasteiger partial charge in [-0.2, -0.15) is 0 Å². The third-order valence-corrected chi connectivity index (χ3v) is 4.37. The number of carbonyl (C=O) groups excluding carboxylic acids is 2. The third-order valence-electron chi connectivity index (χ3n) is 4.37. The number of piperidine rings is 1. The van der Waals surface area contributed by atoms with Crippen molar-refractivity contribution in [1.29, 1.82) is 0 Å². The number of para-hydroxylation sites is 1. The lowest BCUT2D eigenvalue weighted by Gasteiger charge is -2.32. The Kier molecular flexibility index (Phi) is 4.64. The summed E-state index contributed by atoms with van der Waals surface area (Å²) in [6.07, 6.45) is 1.59. The second-order valence-corrected chi connectivity index (χ2v) is 6.14. The third kappa shape index (κ3) is 3.32. The van der Waals surface area contributed by atoms with Crippen LogP contribution >= 0.6 is 0 Å². The fourth-order valence-corrected chi connectivity index (χ4v) is 3.09. The van der Waals surface area contributed by atoms with Crippen LogP contribution < -0.4 is 5.32 Å². The molecule has 1 unspecified atom stereocenters. The van der Waals surface area contributed by atoms with E-state index in [4.69, 9.17) is 4.52 Å². The zero-order chi connectivity index (χ0) is 17.1. The number of likely N-dealkylation sites (tertiary alicyclic amines) is 1. The Morgan fingerprint density at radius 1 is 1.25 bits per heavy atom. The van der Waals surface area contributed by atoms with E-state index in [0.29, 0.717) is 30.1 Å². The average molecular weight is 327 g/mol. The smallest absolute Gasteiger partial charge is 0.259 e. The van der Waals surface area contributed by atoms with Crippen LogP contribution in [-0.2, 0) is 4.79 Å². The topological polar surface area (TPSA) is 75.4 Å². The van der Waals surface area contributed by atoms with Gasteiger partial charge in [-0.25, -0.2) is 0 Å². The van der Waals surface area contributed by atoms with Gasteiger partial charge in [0.25, 0.3) is 5.91 Å². The molecule has 1 fully saturated rings. The van der Waals surface area contributed by atoms with Gasteiger partial charge in [0.2, 0.25) is 5.91 Å². The molecule has 1 aliphatic rings. The molecule has 6 heteroatoms. The van der Waals surface area contributed by atoms with Crippen molar-refractivity contribution < 1.29 is 14.1 Å². The molecule has 1 saturated heterocycles. The van der Waals surface area contributed by atoms with E-state index in [1.165, 1.54) is 0 Å². The fourth-order valence-electron chi connectivity index (χ4n) is 3.09. The van der Waals surface area contributed by atoms with Gasteiger partial charge in [0.05, 0.1) is 11.6 Å². The number of benzene rings is 1. The van der Waals surface area contributed by atoms with Crippen LogP contribution in [0.5, 0.6) is 0 Å². The lowest BCUT2D eigenvalue weighted by molar-refractivity contribution is -0.121. The van der Waals surface area contributed by atoms with Crippen LogP contribution in [0, 0.1) is 19.8 Å². The lowest BCUT2D eigenvalue weighted by Crippen LogP contribution is -2.44. The van der Waals surface area contributed by atoms with Gasteiger partial charge in [0, 0.05) is 18.8 Å². The van der Waals surface area contributed by atoms with E-state index in [0.717, 1.165) is 18.5 Å². The summed E-state index contributed by atoms with van der Waals surface area (Å²) in [5.74, 6) is 0.165. The van der Waals surface area contributed by atoms with Gasteiger partial charge in [-0.15, -0.1) is 0 Å². The van der Waals surface area contributed by atoms with Crippen LogP contribution in [0.4, 0.5) is 5.69 Å². The van der Waals surface area contributed by atoms with Crippen LogP contribution in [0.3, 0.4) is 0 Å². The summed E-state index contributed by atoms with van der Waals surface area (Å²) in [6, 6.07) is 9.37. The first-order valence-electron chi connectivity index (χ1n) is 8.14. The molecule has 24 heavy (non-hydrogen) atoms. The van der Waals surface area contributed by atoms with Crippen molar-refractivity contribution in [1.82, 2.24) is 10.1 Å². The highest BCUT2D eigenvalue weighted by molar-refractivity contribution is 5.97. The molecule has 2 aromatic rings. The quantitative estimate of drug-likeness (QED) is 0.940. The van der Waals surface area contributed by atoms with E-state index in [-0.39, 0.29) is 17.7 Å². The van der Waals surface area contributed by atoms with Crippen molar-refractivity contribution >= 4 is 17.5 Å². The first-order valence-corrected chi connectivity index (χ1v) is 8.14. The summed E-state index contributed by atoms with van der Waals surface area (Å²) in [5, 5.41) is 6.76. The number of rotatable bonds is 3. The molecule has 6 nitrogen and oxygen atoms in total. The molecular formula is C18H21N3O3. The number of hydrogen-bond donors (Lipinski definition) is 1. The molecule has 1 aromatic carbocycles. The van der Waals surface area contributed by atoms with Gasteiger partial charge in [0.1, 0.15) is 11.3 Å². The minimum Gasteiger partial charge on any atom is -0.361 e. The predicted molar refractivity (Wildman–Crippen MR) is 89.7 cm³/mol. The number of aryl methyl sites for hydroxylation is 2. The van der Waals surface area contributed by atoms with E-state index in [9.17, 15) is 9.59 Å². The van der Waals surface area contributed by atoms with Crippen molar-refractivity contribution in [2.75, 3.05) is 18.4 Å². The number of nitrogens with zero attached hydrogens (tertiary/aromatic N) is 2. The molecule has 0 saturated carbocycles. The molecule has 0 bridgehead atoms. The largest absolute Gasteiger partial charge is 0.361 e. The number of carbonyl (C=O) groups is 2. The van der Waals surface area contributed by atoms with E-state index in [1.54, 1.807) is 18.7 Å². The highest BCUT2D eigenvalue weighted by Gasteiger charge is 2.31. The summed E-state index contributed by atoms with van der Waals surface area (Å²) < 4.78 is 5.08. The predicted octanol–water partition coefficient (Wildman–Crippen LogP) is 2.78. The first-order chi connectivity index (χ1) is 11.6. The van der Waals surface area contributed by atoms with E-state index in [1.807, 2.05) is 30.3 Å². The summed E-state index contributed by atoms with van der Waals surface area (Å²) in [4.78, 5) is 26.9. The number of nitrogens with one attached hydrogen (secondary N) is 1. The minimum atomic E-state index is -0.205. The molecule has 0 radical (unpaired) electrons. The minimum absolute atomic E-state index is 0.0440. The zero-order valence-corrected chi connectivity index (χ0v) is 13.9. The molecule has 3 rings (SSSR count). The monoisotopic (exact) mass is 327 g/mol. The van der Waals surface area contributed by atoms with E-state index >= 15 is 0 Å². The molecule has 1 atom stereocenters. The number of anilines is 1. The van der Waals surface area contributed by atoms with E-state index in [2.05, 4.69) is 10.5 Å². The summed E-state index contributed by atoms with van der Waals surface area (Å²) >= 11 is 0. The van der Waals surface area contributed by atoms with Crippen molar-refractivity contribution in [2.45, 2.75) is 26.7 Å². The molecule has 126 valence electrons. The van der Waals surface area contributed by atoms with Crippen LogP contribution in [0.15, 0.2) is 34.9 Å². The van der Waals surface area contributed by atoms with E-state index < -0.39 is 0 Å². The summed E-state index contributed by atoms with van der Waals surface area (Å²) in [5.41, 5.74) is 1.88. The fraction of sp³-hybridized carbons (Fsp3) is 0.389. The molecule has 0 aliphatic carbocycles. The van der Waals surface area contributed by atoms with Gasteiger partial charge < -0.3 is 14.7 Å². The number of amides is 2. The Morgan fingerprint density at radius 3 is 2.67 bits per heavy atom. The Morgan fingerprint density at radius 2 is 2.00 bits per heavy atom. The summed E-state index contributed by atoms with van der Waals surface area (Å²) in [7, 11) is 0. The maximum atomic E-state index is 12.7. The van der Waals surface area contributed by atoms with Crippen molar-refractivity contribution in [3.05, 3.63) is 47.3 Å². The van der Waals surface area contributed by atoms with Gasteiger partial charge >= 0.3 is 0 Å². The number of hydrogen-bond acceptors (Lipinski definition) is 4. The van der Waals surface area contributed by atoms with Gasteiger partial charge in [-0.05, 0) is 38.8 Å². The molecule has 1 N–H and O–H groups in total. The van der Waals surface area contributed by atoms with Crippen LogP contribution in [-0.4, -0.2) is 35.0 Å². The number of aromatic nitrogens is 1. The Hall–Kier alpha value is -2.63. The van der Waals surface area contributed by atoms with Gasteiger partial charge in [0.15, 0.2) is 0 Å². The maximum absolute atomic E-state index is 12.7. The second kappa shape index (κ2) is 6.86. The Labute approximate surface area is 140 Å². The van der Waals surface area contributed by atoms with Crippen molar-refractivity contribution in [2.24, 2.45) is 5.92 Å². The normalized spacial score (nSPS) is 17.6. The van der Waals surface area contributed by atoms with Crippen molar-refractivity contribution in [3.8, 4) is 0 Å². The van der Waals surface area contributed by atoms with Crippen molar-refractivity contribution in [3.63, 3.8) is 0 Å². The Bertz CT molecular complexity index is 720. The summed E-state index contributed by atoms with van der Waals surface area (Å²) in [6.45, 7) is 4.56. The molecule has 2 amide bonds. The van der Waals surface area contributed by atoms with Gasteiger partial charge in [-0.3, -0.25) is 9.59 Å². The lowest BCUT2D eigenvalue weighted by atomic mass is 9.96. The zero-order valence-electron chi connectivity index (χ0n) is 13.9. The van der Waals surface area contributed by atoms with Crippen LogP contribution in [0.2, 0.25) is 0 Å². The first kappa shape index (κ1) is 16.2. The standard InChI is InChI=1S/C18H21N3O3/c1-12-16(13(2)24-20-12)18(23)21-10-6-7-14(11-21)17(22)19-15-8-4-3-5-9-15/h3-5,8-9,14H,6-7,10-11H2,1-2H3,(H,19,22). The highest BCUT2D eigenvalue weighted by Crippen LogP contribution is 2.22. The molecule has 1 aromatic heterocycles. The molecule has 1 aliphatic heterocycles. The van der Waals surface area contributed by atoms with Gasteiger partial charge in [-0.1, -0.05) is 23.4 Å². The molecular weight excluding hydrogens is 306 g/mol. The second-order valence-electron chi connectivity index (χ2n) is 6.14. The SMILES string of the molecule is Cc1noc(C)c1C(=O)N1CCCC(C(=O)Nc2ccccc2)C1. The maximum Gasteiger partial charge on any atom is 0.259 e. The highest BCUT2D eigenvalue weighted by atomic mass is 16.5. The average Bonchev–Trinajstić information content (AvgIpc) is 2.94. The van der Waals surface area contributed by atoms with Crippen LogP contribution in [0.25, 0.3) is 0 Å². The Balaban J connectivity index is 1.68. The van der Waals surface area contributed by atoms with Crippen LogP contribution in [0.1, 0.15) is 34.7 Å². The molecule has 2 heterocycles.